The standard InChI is InChI=1S/C27H23Cl2N3O6S/c1-3-15-11-18(39(35,36)37)14-23(24(15)29)31-32-25-19-8-6-5-7-16(19)12-20(26(25)33)27(34)30-22-10-9-17(38-4-2)13-21(22)28/h5-14,33H,3-4H2,1-2H3,(H,30,34)(H,35,36,37). The molecule has 0 spiro atoms. The Kier molecular flexibility index (Phi) is 8.41. The molecule has 3 N–H and O–H groups in total. The van der Waals surface area contributed by atoms with Gasteiger partial charge in [0.25, 0.3) is 16.0 Å². The lowest BCUT2D eigenvalue weighted by molar-refractivity contribution is 0.102. The molecule has 0 aliphatic rings. The van der Waals surface area contributed by atoms with Crippen LogP contribution >= 0.6 is 23.2 Å². The largest absolute Gasteiger partial charge is 0.505 e. The van der Waals surface area contributed by atoms with E-state index in [0.29, 0.717) is 40.8 Å². The van der Waals surface area contributed by atoms with Crippen molar-refractivity contribution in [1.82, 2.24) is 0 Å². The van der Waals surface area contributed by atoms with Gasteiger partial charge in [-0.2, -0.15) is 8.42 Å². The number of ether oxygens (including phenoxy) is 1. The number of azo groups is 1. The Morgan fingerprint density at radius 2 is 1.77 bits per heavy atom. The van der Waals surface area contributed by atoms with Crippen LogP contribution in [0.5, 0.6) is 11.5 Å². The van der Waals surface area contributed by atoms with Crippen molar-refractivity contribution in [2.24, 2.45) is 10.2 Å². The number of rotatable bonds is 8. The van der Waals surface area contributed by atoms with Crippen LogP contribution in [0.15, 0.2) is 75.8 Å². The van der Waals surface area contributed by atoms with Crippen LogP contribution in [-0.2, 0) is 16.5 Å². The van der Waals surface area contributed by atoms with E-state index in [-0.39, 0.29) is 27.0 Å². The first-order valence-electron chi connectivity index (χ1n) is 11.7. The Hall–Kier alpha value is -3.70. The fourth-order valence-electron chi connectivity index (χ4n) is 3.86. The maximum absolute atomic E-state index is 13.2. The summed E-state index contributed by atoms with van der Waals surface area (Å²) in [5, 5.41) is 23.5. The molecule has 1 amide bonds. The second-order valence-corrected chi connectivity index (χ2v) is 10.5. The molecule has 0 unspecified atom stereocenters. The van der Waals surface area contributed by atoms with Crippen molar-refractivity contribution in [1.29, 1.82) is 0 Å². The minimum atomic E-state index is -4.54. The van der Waals surface area contributed by atoms with Crippen molar-refractivity contribution in [2.75, 3.05) is 11.9 Å². The summed E-state index contributed by atoms with van der Waals surface area (Å²) in [5.41, 5.74) is 0.558. The van der Waals surface area contributed by atoms with E-state index in [1.165, 1.54) is 12.1 Å². The number of nitrogens with one attached hydrogen (secondary N) is 1. The maximum Gasteiger partial charge on any atom is 0.294 e. The molecule has 0 aliphatic carbocycles. The zero-order valence-corrected chi connectivity index (χ0v) is 23.1. The predicted octanol–water partition coefficient (Wildman–Crippen LogP) is 7.73. The van der Waals surface area contributed by atoms with Gasteiger partial charge in [-0.1, -0.05) is 54.4 Å². The molecule has 0 saturated heterocycles. The van der Waals surface area contributed by atoms with Crippen LogP contribution in [0, 0.1) is 0 Å². The predicted molar refractivity (Wildman–Crippen MR) is 151 cm³/mol. The van der Waals surface area contributed by atoms with E-state index in [9.17, 15) is 22.9 Å². The molecule has 4 rings (SSSR count). The minimum absolute atomic E-state index is 0.0388. The second-order valence-electron chi connectivity index (χ2n) is 8.32. The van der Waals surface area contributed by atoms with Gasteiger partial charge in [0.05, 0.1) is 32.8 Å². The summed E-state index contributed by atoms with van der Waals surface area (Å²) in [5.74, 6) is -0.574. The first kappa shape index (κ1) is 28.3. The molecule has 39 heavy (non-hydrogen) atoms. The summed E-state index contributed by atoms with van der Waals surface area (Å²) in [6, 6.07) is 15.5. The Balaban J connectivity index is 1.79. The van der Waals surface area contributed by atoms with Gasteiger partial charge in [-0.15, -0.1) is 10.2 Å². The van der Waals surface area contributed by atoms with Crippen LogP contribution in [0.25, 0.3) is 10.8 Å². The molecule has 0 fully saturated rings. The van der Waals surface area contributed by atoms with Gasteiger partial charge in [-0.05, 0) is 54.6 Å². The molecular formula is C27H23Cl2N3O6S. The van der Waals surface area contributed by atoms with Crippen molar-refractivity contribution in [2.45, 2.75) is 25.2 Å². The highest BCUT2D eigenvalue weighted by molar-refractivity contribution is 7.85. The topological polar surface area (TPSA) is 138 Å². The third-order valence-corrected chi connectivity index (χ3v) is 7.36. The van der Waals surface area contributed by atoms with Gasteiger partial charge in [0.15, 0.2) is 5.75 Å². The van der Waals surface area contributed by atoms with Crippen LogP contribution in [-0.4, -0.2) is 30.6 Å². The summed E-state index contributed by atoms with van der Waals surface area (Å²) in [6.45, 7) is 4.05. The smallest absolute Gasteiger partial charge is 0.294 e. The van der Waals surface area contributed by atoms with Crippen molar-refractivity contribution >= 4 is 67.1 Å². The van der Waals surface area contributed by atoms with Gasteiger partial charge in [0.2, 0.25) is 0 Å². The zero-order valence-electron chi connectivity index (χ0n) is 20.8. The van der Waals surface area contributed by atoms with Crippen LogP contribution < -0.4 is 10.1 Å². The van der Waals surface area contributed by atoms with Crippen LogP contribution in [0.1, 0.15) is 29.8 Å². The summed E-state index contributed by atoms with van der Waals surface area (Å²) >= 11 is 12.7. The number of hydrogen-bond acceptors (Lipinski definition) is 7. The molecular weight excluding hydrogens is 565 g/mol. The number of phenolic OH excluding ortho intramolecular Hbond substituents is 1. The third kappa shape index (κ3) is 6.15. The number of carbonyl (C=O) groups is 1. The highest BCUT2D eigenvalue weighted by Crippen LogP contribution is 2.41. The molecule has 0 radical (unpaired) electrons. The number of fused-ring (bicyclic) bond motifs is 1. The number of hydrogen-bond donors (Lipinski definition) is 3. The van der Waals surface area contributed by atoms with Crippen molar-refractivity contribution < 1.29 is 27.6 Å². The summed E-state index contributed by atoms with van der Waals surface area (Å²) in [7, 11) is -4.54. The number of carbonyl (C=O) groups excluding carboxylic acids is 1. The Morgan fingerprint density at radius 1 is 1.03 bits per heavy atom. The third-order valence-electron chi connectivity index (χ3n) is 5.78. The number of halogens is 2. The minimum Gasteiger partial charge on any atom is -0.505 e. The van der Waals surface area contributed by atoms with Gasteiger partial charge >= 0.3 is 0 Å². The number of amides is 1. The van der Waals surface area contributed by atoms with Crippen LogP contribution in [0.3, 0.4) is 0 Å². The molecule has 4 aromatic rings. The molecule has 0 heterocycles. The van der Waals surface area contributed by atoms with Crippen molar-refractivity contribution in [3.05, 3.63) is 81.8 Å². The lowest BCUT2D eigenvalue weighted by Crippen LogP contribution is -2.12. The van der Waals surface area contributed by atoms with E-state index in [2.05, 4.69) is 15.5 Å². The van der Waals surface area contributed by atoms with Gasteiger partial charge in [-0.25, -0.2) is 0 Å². The molecule has 12 heteroatoms. The highest BCUT2D eigenvalue weighted by Gasteiger charge is 2.20. The van der Waals surface area contributed by atoms with E-state index < -0.39 is 26.7 Å². The average molecular weight is 588 g/mol. The van der Waals surface area contributed by atoms with E-state index in [1.54, 1.807) is 49.4 Å². The summed E-state index contributed by atoms with van der Waals surface area (Å²) in [6.07, 6.45) is 0.364. The fourth-order valence-corrected chi connectivity index (χ4v) is 4.91. The van der Waals surface area contributed by atoms with Crippen LogP contribution in [0.2, 0.25) is 10.0 Å². The number of nitrogens with zero attached hydrogens (tertiary/aromatic N) is 2. The number of aromatic hydroxyl groups is 1. The molecule has 4 aromatic carbocycles. The quantitative estimate of drug-likeness (QED) is 0.142. The van der Waals surface area contributed by atoms with Crippen molar-refractivity contribution in [3.8, 4) is 11.5 Å². The van der Waals surface area contributed by atoms with Gasteiger partial charge in [-0.3, -0.25) is 9.35 Å². The monoisotopic (exact) mass is 587 g/mol. The Bertz CT molecular complexity index is 1720. The van der Waals surface area contributed by atoms with Gasteiger partial charge in [0.1, 0.15) is 17.1 Å². The van der Waals surface area contributed by atoms with Gasteiger partial charge < -0.3 is 15.2 Å². The van der Waals surface area contributed by atoms with E-state index in [1.807, 2.05) is 6.92 Å². The molecule has 0 aromatic heterocycles. The van der Waals surface area contributed by atoms with E-state index in [4.69, 9.17) is 27.9 Å². The molecule has 202 valence electrons. The molecule has 0 aliphatic heterocycles. The molecule has 0 bridgehead atoms. The molecule has 9 nitrogen and oxygen atoms in total. The fraction of sp³-hybridized carbons (Fsp3) is 0.148. The van der Waals surface area contributed by atoms with Crippen molar-refractivity contribution in [3.63, 3.8) is 0 Å². The Labute approximate surface area is 234 Å². The first-order chi connectivity index (χ1) is 18.5. The second kappa shape index (κ2) is 11.6. The SMILES string of the molecule is CCOc1ccc(NC(=O)c2cc3ccccc3c(N=Nc3cc(S(=O)(=O)O)cc(CC)c3Cl)c2O)c(Cl)c1. The number of phenols is 1. The highest BCUT2D eigenvalue weighted by atomic mass is 35.5. The Morgan fingerprint density at radius 3 is 2.44 bits per heavy atom. The molecule has 0 saturated carbocycles. The first-order valence-corrected chi connectivity index (χ1v) is 13.9. The van der Waals surface area contributed by atoms with Gasteiger partial charge in [0, 0.05) is 11.5 Å². The van der Waals surface area contributed by atoms with Crippen LogP contribution in [0.4, 0.5) is 17.1 Å². The lowest BCUT2D eigenvalue weighted by atomic mass is 10.0. The number of anilines is 1. The number of aryl methyl sites for hydroxylation is 1. The average Bonchev–Trinajstić information content (AvgIpc) is 2.89. The normalized spacial score (nSPS) is 11.7. The zero-order chi connectivity index (χ0) is 28.3. The number of benzene rings is 4. The lowest BCUT2D eigenvalue weighted by Gasteiger charge is -2.13. The molecule has 0 atom stereocenters. The van der Waals surface area contributed by atoms with E-state index in [0.717, 1.165) is 6.07 Å². The van der Waals surface area contributed by atoms with E-state index >= 15 is 0 Å². The summed E-state index contributed by atoms with van der Waals surface area (Å²) in [4.78, 5) is 12.8. The maximum atomic E-state index is 13.2. The summed E-state index contributed by atoms with van der Waals surface area (Å²) < 4.78 is 38.4.